The Balaban J connectivity index is 2.21. The molecule has 1 heterocycles. The topological polar surface area (TPSA) is 25.4 Å². The maximum atomic E-state index is 5.62. The molecule has 0 spiro atoms. The van der Waals surface area contributed by atoms with Gasteiger partial charge in [0.05, 0.1) is 6.61 Å². The van der Waals surface area contributed by atoms with Crippen LogP contribution in [0.4, 0.5) is 5.82 Å². The second-order valence-electron chi connectivity index (χ2n) is 3.87. The summed E-state index contributed by atoms with van der Waals surface area (Å²) in [6.07, 6.45) is 4.38. The third-order valence-corrected chi connectivity index (χ3v) is 2.99. The van der Waals surface area contributed by atoms with Gasteiger partial charge in [0.2, 0.25) is 0 Å². The van der Waals surface area contributed by atoms with E-state index in [-0.39, 0.29) is 0 Å². The van der Waals surface area contributed by atoms with E-state index in [0.717, 1.165) is 23.4 Å². The van der Waals surface area contributed by atoms with Crippen molar-refractivity contribution in [1.82, 2.24) is 4.98 Å². The van der Waals surface area contributed by atoms with Gasteiger partial charge in [0.1, 0.15) is 0 Å². The van der Waals surface area contributed by atoms with E-state index in [4.69, 9.17) is 4.74 Å². The number of anilines is 1. The number of hydrogen-bond donors (Lipinski definition) is 0. The molecule has 2 rings (SSSR count). The summed E-state index contributed by atoms with van der Waals surface area (Å²) < 4.78 is 5.62. The van der Waals surface area contributed by atoms with Crippen LogP contribution in [0, 0.1) is 0 Å². The van der Waals surface area contributed by atoms with Crippen molar-refractivity contribution < 1.29 is 4.74 Å². The van der Waals surface area contributed by atoms with Crippen molar-refractivity contribution in [2.45, 2.75) is 25.8 Å². The Labute approximate surface area is 105 Å². The van der Waals surface area contributed by atoms with Gasteiger partial charge in [-0.3, -0.25) is 0 Å². The van der Waals surface area contributed by atoms with Crippen LogP contribution in [-0.2, 0) is 0 Å². The molecule has 3 nitrogen and oxygen atoms in total. The quantitative estimate of drug-likeness (QED) is 0.751. The predicted octanol–water partition coefficient (Wildman–Crippen LogP) is 2.84. The van der Waals surface area contributed by atoms with E-state index in [1.165, 1.54) is 12.8 Å². The van der Waals surface area contributed by atoms with Crippen LogP contribution in [0.1, 0.15) is 19.8 Å². The van der Waals surface area contributed by atoms with Crippen molar-refractivity contribution in [1.29, 1.82) is 0 Å². The lowest BCUT2D eigenvalue weighted by Crippen LogP contribution is -2.29. The first-order valence-electron chi connectivity index (χ1n) is 5.77. The van der Waals surface area contributed by atoms with Crippen LogP contribution >= 0.6 is 15.9 Å². The van der Waals surface area contributed by atoms with Crippen LogP contribution in [-0.4, -0.2) is 29.5 Å². The Kier molecular flexibility index (Phi) is 4.04. The maximum Gasteiger partial charge on any atom is 0.171 e. The van der Waals surface area contributed by atoms with Gasteiger partial charge in [-0.1, -0.05) is 15.9 Å². The molecule has 0 atom stereocenters. The van der Waals surface area contributed by atoms with Crippen molar-refractivity contribution in [2.75, 3.05) is 23.4 Å². The van der Waals surface area contributed by atoms with Gasteiger partial charge in [-0.05, 0) is 31.9 Å². The number of ether oxygens (including phenoxy) is 1. The van der Waals surface area contributed by atoms with Gasteiger partial charge in [-0.15, -0.1) is 0 Å². The Hall–Kier alpha value is -0.770. The van der Waals surface area contributed by atoms with E-state index in [9.17, 15) is 0 Å². The average Bonchev–Trinajstić information content (AvgIpc) is 3.11. The molecule has 0 aliphatic heterocycles. The van der Waals surface area contributed by atoms with Gasteiger partial charge in [-0.25, -0.2) is 4.98 Å². The van der Waals surface area contributed by atoms with Crippen molar-refractivity contribution in [3.63, 3.8) is 0 Å². The van der Waals surface area contributed by atoms with Gasteiger partial charge >= 0.3 is 0 Å². The highest BCUT2D eigenvalue weighted by molar-refractivity contribution is 9.09. The molecule has 1 aliphatic carbocycles. The largest absolute Gasteiger partial charge is 0.490 e. The Bertz CT molecular complexity index is 342. The normalized spacial score (nSPS) is 14.9. The first kappa shape index (κ1) is 11.7. The SMILES string of the molecule is CCOc1cccnc1N(CCBr)C1CC1. The molecular weight excluding hydrogens is 268 g/mol. The summed E-state index contributed by atoms with van der Waals surface area (Å²) in [6, 6.07) is 4.58. The third-order valence-electron chi connectivity index (χ3n) is 2.64. The highest BCUT2D eigenvalue weighted by Gasteiger charge is 2.31. The number of halogens is 1. The first-order chi connectivity index (χ1) is 7.86. The van der Waals surface area contributed by atoms with Crippen LogP contribution in [0.15, 0.2) is 18.3 Å². The maximum absolute atomic E-state index is 5.62. The molecule has 0 N–H and O–H groups in total. The van der Waals surface area contributed by atoms with Crippen molar-refractivity contribution >= 4 is 21.7 Å². The molecule has 88 valence electrons. The smallest absolute Gasteiger partial charge is 0.171 e. The van der Waals surface area contributed by atoms with E-state index in [1.807, 2.05) is 25.3 Å². The number of rotatable bonds is 6. The Morgan fingerprint density at radius 1 is 1.56 bits per heavy atom. The summed E-state index contributed by atoms with van der Waals surface area (Å²) in [6.45, 7) is 3.68. The third kappa shape index (κ3) is 2.67. The molecule has 0 radical (unpaired) electrons. The summed E-state index contributed by atoms with van der Waals surface area (Å²) in [5, 5.41) is 0.964. The van der Waals surface area contributed by atoms with Crippen LogP contribution in [0.25, 0.3) is 0 Å². The van der Waals surface area contributed by atoms with Gasteiger partial charge in [0, 0.05) is 24.1 Å². The molecule has 1 fully saturated rings. The van der Waals surface area contributed by atoms with Crippen LogP contribution < -0.4 is 9.64 Å². The van der Waals surface area contributed by atoms with Crippen LogP contribution in [0.5, 0.6) is 5.75 Å². The highest BCUT2D eigenvalue weighted by Crippen LogP contribution is 2.35. The van der Waals surface area contributed by atoms with Crippen LogP contribution in [0.3, 0.4) is 0 Å². The Morgan fingerprint density at radius 2 is 2.38 bits per heavy atom. The molecule has 16 heavy (non-hydrogen) atoms. The average molecular weight is 285 g/mol. The minimum Gasteiger partial charge on any atom is -0.490 e. The van der Waals surface area contributed by atoms with Gasteiger partial charge in [0.25, 0.3) is 0 Å². The molecule has 4 heteroatoms. The Morgan fingerprint density at radius 3 is 3.00 bits per heavy atom. The summed E-state index contributed by atoms with van der Waals surface area (Å²) in [4.78, 5) is 6.80. The fraction of sp³-hybridized carbons (Fsp3) is 0.583. The number of pyridine rings is 1. The molecule has 1 saturated carbocycles. The fourth-order valence-corrected chi connectivity index (χ4v) is 2.19. The zero-order chi connectivity index (χ0) is 11.4. The van der Waals surface area contributed by atoms with E-state index >= 15 is 0 Å². The number of aromatic nitrogens is 1. The summed E-state index contributed by atoms with van der Waals surface area (Å²) in [7, 11) is 0. The monoisotopic (exact) mass is 284 g/mol. The van der Waals surface area contributed by atoms with E-state index < -0.39 is 0 Å². The van der Waals surface area contributed by atoms with Gasteiger partial charge in [-0.2, -0.15) is 0 Å². The fourth-order valence-electron chi connectivity index (χ4n) is 1.80. The lowest BCUT2D eigenvalue weighted by atomic mass is 10.3. The lowest BCUT2D eigenvalue weighted by molar-refractivity contribution is 0.339. The molecule has 0 unspecified atom stereocenters. The standard InChI is InChI=1S/C12H17BrN2O/c1-2-16-11-4-3-8-14-12(11)15(9-7-13)10-5-6-10/h3-4,8,10H,2,5-7,9H2,1H3. The number of alkyl halides is 1. The summed E-state index contributed by atoms with van der Waals surface area (Å²) in [5.41, 5.74) is 0. The summed E-state index contributed by atoms with van der Waals surface area (Å²) in [5.74, 6) is 1.89. The number of nitrogens with zero attached hydrogens (tertiary/aromatic N) is 2. The molecule has 1 aromatic heterocycles. The van der Waals surface area contributed by atoms with Crippen molar-refractivity contribution in [3.8, 4) is 5.75 Å². The van der Waals surface area contributed by atoms with Gasteiger partial charge in [0.15, 0.2) is 11.6 Å². The molecule has 0 aromatic carbocycles. The molecule has 1 aromatic rings. The van der Waals surface area contributed by atoms with Crippen molar-refractivity contribution in [2.24, 2.45) is 0 Å². The van der Waals surface area contributed by atoms with Crippen LogP contribution in [0.2, 0.25) is 0 Å². The highest BCUT2D eigenvalue weighted by atomic mass is 79.9. The number of hydrogen-bond acceptors (Lipinski definition) is 3. The van der Waals surface area contributed by atoms with Gasteiger partial charge < -0.3 is 9.64 Å². The second-order valence-corrected chi connectivity index (χ2v) is 4.66. The molecule has 0 bridgehead atoms. The molecule has 1 aliphatic rings. The predicted molar refractivity (Wildman–Crippen MR) is 69.6 cm³/mol. The molecule has 0 amide bonds. The molecule has 0 saturated heterocycles. The lowest BCUT2D eigenvalue weighted by Gasteiger charge is -2.24. The van der Waals surface area contributed by atoms with E-state index in [0.29, 0.717) is 12.6 Å². The first-order valence-corrected chi connectivity index (χ1v) is 6.89. The minimum absolute atomic E-state index is 0.659. The zero-order valence-electron chi connectivity index (χ0n) is 9.53. The zero-order valence-corrected chi connectivity index (χ0v) is 11.1. The van der Waals surface area contributed by atoms with E-state index in [2.05, 4.69) is 25.8 Å². The van der Waals surface area contributed by atoms with Crippen molar-refractivity contribution in [3.05, 3.63) is 18.3 Å². The summed E-state index contributed by atoms with van der Waals surface area (Å²) >= 11 is 3.50. The van der Waals surface area contributed by atoms with E-state index in [1.54, 1.807) is 0 Å². The second kappa shape index (κ2) is 5.53. The molecular formula is C12H17BrN2O. The minimum atomic E-state index is 0.659.